The zero-order valence-corrected chi connectivity index (χ0v) is 14.2. The van der Waals surface area contributed by atoms with Crippen molar-refractivity contribution in [1.29, 1.82) is 0 Å². The van der Waals surface area contributed by atoms with E-state index in [9.17, 15) is 0 Å². The SMILES string of the molecule is CCCCCN1CCC(C)(Cc2cc3ccccc3[nH]2)CC1. The molecule has 0 aliphatic carbocycles. The summed E-state index contributed by atoms with van der Waals surface area (Å²) >= 11 is 0. The van der Waals surface area contributed by atoms with Crippen LogP contribution >= 0.6 is 0 Å². The van der Waals surface area contributed by atoms with Gasteiger partial charge in [-0.3, -0.25) is 0 Å². The van der Waals surface area contributed by atoms with E-state index < -0.39 is 0 Å². The minimum atomic E-state index is 0.460. The van der Waals surface area contributed by atoms with Crippen molar-refractivity contribution in [2.24, 2.45) is 5.41 Å². The van der Waals surface area contributed by atoms with Crippen molar-refractivity contribution < 1.29 is 0 Å². The lowest BCUT2D eigenvalue weighted by Gasteiger charge is -2.39. The smallest absolute Gasteiger partial charge is 0.0456 e. The van der Waals surface area contributed by atoms with Crippen LogP contribution in [0.1, 0.15) is 51.6 Å². The Hall–Kier alpha value is -1.28. The number of hydrogen-bond donors (Lipinski definition) is 1. The van der Waals surface area contributed by atoms with E-state index in [0.29, 0.717) is 5.41 Å². The van der Waals surface area contributed by atoms with Crippen molar-refractivity contribution in [2.45, 2.75) is 52.4 Å². The van der Waals surface area contributed by atoms with E-state index in [2.05, 4.69) is 54.1 Å². The van der Waals surface area contributed by atoms with Gasteiger partial charge in [0.15, 0.2) is 0 Å². The number of likely N-dealkylation sites (tertiary alicyclic amines) is 1. The zero-order valence-electron chi connectivity index (χ0n) is 14.2. The van der Waals surface area contributed by atoms with Gasteiger partial charge in [0.1, 0.15) is 0 Å². The van der Waals surface area contributed by atoms with Gasteiger partial charge in [0, 0.05) is 11.2 Å². The molecule has 1 aromatic heterocycles. The maximum absolute atomic E-state index is 3.61. The summed E-state index contributed by atoms with van der Waals surface area (Å²) in [5, 5.41) is 1.35. The first-order chi connectivity index (χ1) is 10.7. The quantitative estimate of drug-likeness (QED) is 0.743. The summed E-state index contributed by atoms with van der Waals surface area (Å²) in [4.78, 5) is 6.28. The van der Waals surface area contributed by atoms with Crippen LogP contribution in [0.25, 0.3) is 10.9 Å². The van der Waals surface area contributed by atoms with E-state index in [-0.39, 0.29) is 0 Å². The van der Waals surface area contributed by atoms with Crippen LogP contribution in [0.3, 0.4) is 0 Å². The Kier molecular flexibility index (Phi) is 4.87. The molecule has 0 unspecified atom stereocenters. The first-order valence-corrected chi connectivity index (χ1v) is 8.97. The molecule has 1 saturated heterocycles. The molecule has 0 radical (unpaired) electrons. The monoisotopic (exact) mass is 298 g/mol. The third-order valence-corrected chi connectivity index (χ3v) is 5.34. The molecule has 1 aliphatic heterocycles. The van der Waals surface area contributed by atoms with Gasteiger partial charge in [0.2, 0.25) is 0 Å². The van der Waals surface area contributed by atoms with E-state index in [4.69, 9.17) is 0 Å². The number of aromatic nitrogens is 1. The normalized spacial score (nSPS) is 18.8. The predicted molar refractivity (Wildman–Crippen MR) is 95.3 cm³/mol. The fourth-order valence-electron chi connectivity index (χ4n) is 3.77. The number of rotatable bonds is 6. The van der Waals surface area contributed by atoms with Gasteiger partial charge in [-0.1, -0.05) is 44.9 Å². The second kappa shape index (κ2) is 6.87. The van der Waals surface area contributed by atoms with Crippen LogP contribution in [-0.2, 0) is 6.42 Å². The Bertz CT molecular complexity index is 558. The van der Waals surface area contributed by atoms with E-state index >= 15 is 0 Å². The Labute approximate surface area is 134 Å². The number of hydrogen-bond acceptors (Lipinski definition) is 1. The highest BCUT2D eigenvalue weighted by atomic mass is 15.1. The topological polar surface area (TPSA) is 19.0 Å². The highest BCUT2D eigenvalue weighted by Gasteiger charge is 2.30. The van der Waals surface area contributed by atoms with Crippen molar-refractivity contribution in [3.8, 4) is 0 Å². The van der Waals surface area contributed by atoms with Gasteiger partial charge >= 0.3 is 0 Å². The highest BCUT2D eigenvalue weighted by Crippen LogP contribution is 2.35. The van der Waals surface area contributed by atoms with Crippen molar-refractivity contribution in [2.75, 3.05) is 19.6 Å². The zero-order chi connectivity index (χ0) is 15.4. The van der Waals surface area contributed by atoms with Gasteiger partial charge in [-0.25, -0.2) is 0 Å². The third kappa shape index (κ3) is 3.73. The number of benzene rings is 1. The molecule has 0 bridgehead atoms. The molecule has 2 heterocycles. The molecule has 2 nitrogen and oxygen atoms in total. The summed E-state index contributed by atoms with van der Waals surface area (Å²) < 4.78 is 0. The Morgan fingerprint density at radius 2 is 1.91 bits per heavy atom. The number of piperidine rings is 1. The van der Waals surface area contributed by atoms with Gasteiger partial charge < -0.3 is 9.88 Å². The molecule has 0 saturated carbocycles. The molecular weight excluding hydrogens is 268 g/mol. The average molecular weight is 298 g/mol. The number of H-pyrrole nitrogens is 1. The first-order valence-electron chi connectivity index (χ1n) is 8.97. The molecule has 0 atom stereocenters. The fourth-order valence-corrected chi connectivity index (χ4v) is 3.77. The lowest BCUT2D eigenvalue weighted by atomic mass is 9.76. The minimum Gasteiger partial charge on any atom is -0.358 e. The second-order valence-electron chi connectivity index (χ2n) is 7.42. The summed E-state index contributed by atoms with van der Waals surface area (Å²) in [5.74, 6) is 0. The summed E-state index contributed by atoms with van der Waals surface area (Å²) in [5.41, 5.74) is 3.14. The van der Waals surface area contributed by atoms with Gasteiger partial charge in [-0.15, -0.1) is 0 Å². The number of unbranched alkanes of at least 4 members (excludes halogenated alkanes) is 2. The summed E-state index contributed by atoms with van der Waals surface area (Å²) in [6, 6.07) is 11.0. The lowest BCUT2D eigenvalue weighted by molar-refractivity contribution is 0.116. The molecule has 1 N–H and O–H groups in total. The van der Waals surface area contributed by atoms with Crippen molar-refractivity contribution in [1.82, 2.24) is 9.88 Å². The van der Waals surface area contributed by atoms with Crippen LogP contribution in [0, 0.1) is 5.41 Å². The summed E-state index contributed by atoms with van der Waals surface area (Å²) in [6.45, 7) is 8.62. The van der Waals surface area contributed by atoms with Crippen LogP contribution in [0.15, 0.2) is 30.3 Å². The predicted octanol–water partition coefficient (Wildman–Crippen LogP) is 5.00. The molecule has 3 rings (SSSR count). The average Bonchev–Trinajstić information content (AvgIpc) is 2.91. The number of nitrogens with zero attached hydrogens (tertiary/aromatic N) is 1. The molecule has 1 fully saturated rings. The van der Waals surface area contributed by atoms with Crippen LogP contribution in [0.5, 0.6) is 0 Å². The van der Waals surface area contributed by atoms with Crippen LogP contribution in [-0.4, -0.2) is 29.5 Å². The number of fused-ring (bicyclic) bond motifs is 1. The Morgan fingerprint density at radius 1 is 1.14 bits per heavy atom. The first kappa shape index (κ1) is 15.6. The minimum absolute atomic E-state index is 0.460. The largest absolute Gasteiger partial charge is 0.358 e. The fraction of sp³-hybridized carbons (Fsp3) is 0.600. The standard InChI is InChI=1S/C20H30N2/c1-3-4-7-12-22-13-10-20(2,11-14-22)16-18-15-17-8-5-6-9-19(17)21-18/h5-6,8-9,15,21H,3-4,7,10-14,16H2,1-2H3. The van der Waals surface area contributed by atoms with E-state index in [1.165, 1.54) is 74.8 Å². The Balaban J connectivity index is 1.56. The van der Waals surface area contributed by atoms with Gasteiger partial charge in [-0.2, -0.15) is 0 Å². The third-order valence-electron chi connectivity index (χ3n) is 5.34. The van der Waals surface area contributed by atoms with Crippen molar-refractivity contribution in [3.05, 3.63) is 36.0 Å². The Morgan fingerprint density at radius 3 is 2.64 bits per heavy atom. The molecule has 0 amide bonds. The molecule has 2 aromatic rings. The molecule has 0 spiro atoms. The number of nitrogens with one attached hydrogen (secondary N) is 1. The molecular formula is C20H30N2. The number of para-hydroxylation sites is 1. The van der Waals surface area contributed by atoms with Crippen LogP contribution in [0.4, 0.5) is 0 Å². The lowest BCUT2D eigenvalue weighted by Crippen LogP contribution is -2.40. The van der Waals surface area contributed by atoms with Crippen LogP contribution < -0.4 is 0 Å². The highest BCUT2D eigenvalue weighted by molar-refractivity contribution is 5.80. The molecule has 2 heteroatoms. The van der Waals surface area contributed by atoms with E-state index in [0.717, 1.165) is 0 Å². The molecule has 1 aromatic carbocycles. The molecule has 1 aliphatic rings. The van der Waals surface area contributed by atoms with Crippen molar-refractivity contribution >= 4 is 10.9 Å². The van der Waals surface area contributed by atoms with E-state index in [1.54, 1.807) is 0 Å². The van der Waals surface area contributed by atoms with Crippen molar-refractivity contribution in [3.63, 3.8) is 0 Å². The van der Waals surface area contributed by atoms with Gasteiger partial charge in [-0.05, 0) is 68.3 Å². The second-order valence-corrected chi connectivity index (χ2v) is 7.42. The maximum atomic E-state index is 3.61. The molecule has 120 valence electrons. The summed E-state index contributed by atoms with van der Waals surface area (Å²) in [7, 11) is 0. The number of aromatic amines is 1. The summed E-state index contributed by atoms with van der Waals surface area (Å²) in [6.07, 6.45) is 7.91. The van der Waals surface area contributed by atoms with Crippen LogP contribution in [0.2, 0.25) is 0 Å². The molecule has 22 heavy (non-hydrogen) atoms. The van der Waals surface area contributed by atoms with Gasteiger partial charge in [0.25, 0.3) is 0 Å². The van der Waals surface area contributed by atoms with E-state index in [1.807, 2.05) is 0 Å². The maximum Gasteiger partial charge on any atom is 0.0456 e. The van der Waals surface area contributed by atoms with Gasteiger partial charge in [0.05, 0.1) is 0 Å².